The molecule has 0 radical (unpaired) electrons. The summed E-state index contributed by atoms with van der Waals surface area (Å²) < 4.78 is 17.4. The average molecular weight is 166 g/mol. The molecule has 12 heavy (non-hydrogen) atoms. The van der Waals surface area contributed by atoms with Crippen LogP contribution in [0, 0.1) is 5.82 Å². The Morgan fingerprint density at radius 2 is 2.25 bits per heavy atom. The first-order chi connectivity index (χ1) is 5.77. The summed E-state index contributed by atoms with van der Waals surface area (Å²) in [5.41, 5.74) is 1.23. The summed E-state index contributed by atoms with van der Waals surface area (Å²) in [7, 11) is 0. The molecule has 2 rings (SSSR count). The van der Waals surface area contributed by atoms with Gasteiger partial charge in [0.05, 0.1) is 12.2 Å². The van der Waals surface area contributed by atoms with E-state index in [1.807, 2.05) is 0 Å². The van der Waals surface area contributed by atoms with E-state index in [4.69, 9.17) is 4.74 Å². The monoisotopic (exact) mass is 166 g/mol. The predicted octanol–water partition coefficient (Wildman–Crippen LogP) is 1.54. The van der Waals surface area contributed by atoms with Crippen molar-refractivity contribution in [3.63, 3.8) is 0 Å². The number of carbonyl (C=O) groups is 1. The van der Waals surface area contributed by atoms with Gasteiger partial charge in [0.25, 0.3) is 0 Å². The maximum absolute atomic E-state index is 12.7. The van der Waals surface area contributed by atoms with Gasteiger partial charge in [0, 0.05) is 6.42 Å². The molecule has 62 valence electrons. The Labute approximate surface area is 69.0 Å². The lowest BCUT2D eigenvalue weighted by atomic mass is 10.0. The molecule has 1 aromatic rings. The summed E-state index contributed by atoms with van der Waals surface area (Å²) in [5.74, 6) is -0.816. The lowest BCUT2D eigenvalue weighted by molar-refractivity contribution is 0.0479. The molecule has 0 unspecified atom stereocenters. The quantitative estimate of drug-likeness (QED) is 0.546. The van der Waals surface area contributed by atoms with Crippen LogP contribution >= 0.6 is 0 Å². The number of rotatable bonds is 0. The van der Waals surface area contributed by atoms with Crippen molar-refractivity contribution in [2.24, 2.45) is 0 Å². The Morgan fingerprint density at radius 1 is 1.42 bits per heavy atom. The zero-order chi connectivity index (χ0) is 8.55. The summed E-state index contributed by atoms with van der Waals surface area (Å²) in [6, 6.07) is 4.21. The van der Waals surface area contributed by atoms with E-state index in [9.17, 15) is 9.18 Å². The summed E-state index contributed by atoms with van der Waals surface area (Å²) in [6.45, 7) is 0.400. The standard InChI is InChI=1S/C9H7FO2/c10-7-2-1-6-3-4-12-9(11)8(6)5-7/h1-2,5H,3-4H2. The van der Waals surface area contributed by atoms with Gasteiger partial charge in [0.2, 0.25) is 0 Å². The van der Waals surface area contributed by atoms with Crippen LogP contribution in [-0.4, -0.2) is 12.6 Å². The second-order valence-electron chi connectivity index (χ2n) is 2.69. The van der Waals surface area contributed by atoms with E-state index in [1.165, 1.54) is 12.1 Å². The zero-order valence-electron chi connectivity index (χ0n) is 6.34. The van der Waals surface area contributed by atoms with Gasteiger partial charge in [-0.3, -0.25) is 0 Å². The number of cyclic esters (lactones) is 1. The molecule has 0 fully saturated rings. The van der Waals surface area contributed by atoms with Crippen LogP contribution in [0.1, 0.15) is 15.9 Å². The van der Waals surface area contributed by atoms with Crippen molar-refractivity contribution in [2.45, 2.75) is 6.42 Å². The van der Waals surface area contributed by atoms with Crippen molar-refractivity contribution >= 4 is 5.97 Å². The molecule has 1 heterocycles. The van der Waals surface area contributed by atoms with Crippen LogP contribution in [-0.2, 0) is 11.2 Å². The van der Waals surface area contributed by atoms with E-state index in [0.29, 0.717) is 18.6 Å². The van der Waals surface area contributed by atoms with Crippen LogP contribution in [0.5, 0.6) is 0 Å². The number of esters is 1. The van der Waals surface area contributed by atoms with Crippen LogP contribution in [0.25, 0.3) is 0 Å². The van der Waals surface area contributed by atoms with Crippen molar-refractivity contribution in [1.29, 1.82) is 0 Å². The highest BCUT2D eigenvalue weighted by Gasteiger charge is 2.18. The molecule has 1 aliphatic heterocycles. The second kappa shape index (κ2) is 2.59. The highest BCUT2D eigenvalue weighted by Crippen LogP contribution is 2.17. The molecule has 1 aromatic carbocycles. The van der Waals surface area contributed by atoms with Crippen molar-refractivity contribution in [3.05, 3.63) is 35.1 Å². The highest BCUT2D eigenvalue weighted by molar-refractivity contribution is 5.91. The number of carbonyl (C=O) groups excluding carboxylic acids is 1. The summed E-state index contributed by atoms with van der Waals surface area (Å²) in [6.07, 6.45) is 0.682. The normalized spacial score (nSPS) is 15.2. The number of ether oxygens (including phenoxy) is 1. The number of halogens is 1. The third-order valence-electron chi connectivity index (χ3n) is 1.90. The second-order valence-corrected chi connectivity index (χ2v) is 2.69. The molecule has 0 spiro atoms. The fourth-order valence-electron chi connectivity index (χ4n) is 1.29. The fourth-order valence-corrected chi connectivity index (χ4v) is 1.29. The smallest absolute Gasteiger partial charge is 0.338 e. The van der Waals surface area contributed by atoms with Crippen molar-refractivity contribution in [2.75, 3.05) is 6.61 Å². The van der Waals surface area contributed by atoms with Gasteiger partial charge in [-0.15, -0.1) is 0 Å². The zero-order valence-corrected chi connectivity index (χ0v) is 6.34. The molecule has 1 aliphatic rings. The minimum absolute atomic E-state index is 0.362. The van der Waals surface area contributed by atoms with Gasteiger partial charge in [0.15, 0.2) is 0 Å². The van der Waals surface area contributed by atoms with Gasteiger partial charge in [0.1, 0.15) is 5.82 Å². The molecule has 0 saturated carbocycles. The summed E-state index contributed by atoms with van der Waals surface area (Å²) in [5, 5.41) is 0. The molecule has 3 heteroatoms. The Bertz CT molecular complexity index is 333. The first kappa shape index (κ1) is 7.28. The van der Waals surface area contributed by atoms with E-state index in [2.05, 4.69) is 0 Å². The number of hydrogen-bond acceptors (Lipinski definition) is 2. The van der Waals surface area contributed by atoms with Gasteiger partial charge in [-0.2, -0.15) is 0 Å². The maximum atomic E-state index is 12.7. The van der Waals surface area contributed by atoms with Crippen molar-refractivity contribution in [3.8, 4) is 0 Å². The van der Waals surface area contributed by atoms with Crippen molar-refractivity contribution < 1.29 is 13.9 Å². The lowest BCUT2D eigenvalue weighted by Crippen LogP contribution is -2.17. The van der Waals surface area contributed by atoms with Crippen molar-refractivity contribution in [1.82, 2.24) is 0 Å². The average Bonchev–Trinajstić information content (AvgIpc) is 2.07. The first-order valence-corrected chi connectivity index (χ1v) is 3.73. The molecular weight excluding hydrogens is 159 g/mol. The molecule has 0 aliphatic carbocycles. The summed E-state index contributed by atoms with van der Waals surface area (Å²) in [4.78, 5) is 11.0. The van der Waals surface area contributed by atoms with E-state index in [1.54, 1.807) is 6.07 Å². The number of hydrogen-bond donors (Lipinski definition) is 0. The first-order valence-electron chi connectivity index (χ1n) is 3.73. The molecule has 0 atom stereocenters. The summed E-state index contributed by atoms with van der Waals surface area (Å²) >= 11 is 0. The van der Waals surface area contributed by atoms with Gasteiger partial charge in [-0.05, 0) is 17.7 Å². The van der Waals surface area contributed by atoms with Gasteiger partial charge < -0.3 is 4.74 Å². The Morgan fingerprint density at radius 3 is 3.08 bits per heavy atom. The van der Waals surface area contributed by atoms with Gasteiger partial charge >= 0.3 is 5.97 Å². The van der Waals surface area contributed by atoms with E-state index in [-0.39, 0.29) is 0 Å². The predicted molar refractivity (Wildman–Crippen MR) is 40.4 cm³/mol. The molecule has 0 bridgehead atoms. The SMILES string of the molecule is O=C1OCCc2ccc(F)cc21. The maximum Gasteiger partial charge on any atom is 0.338 e. The van der Waals surface area contributed by atoms with Crippen LogP contribution < -0.4 is 0 Å². The van der Waals surface area contributed by atoms with Gasteiger partial charge in [-0.25, -0.2) is 9.18 Å². The van der Waals surface area contributed by atoms with E-state index < -0.39 is 11.8 Å². The molecule has 0 N–H and O–H groups in total. The molecule has 0 aromatic heterocycles. The number of benzene rings is 1. The molecule has 0 amide bonds. The number of fused-ring (bicyclic) bond motifs is 1. The highest BCUT2D eigenvalue weighted by atomic mass is 19.1. The van der Waals surface area contributed by atoms with E-state index >= 15 is 0 Å². The topological polar surface area (TPSA) is 26.3 Å². The van der Waals surface area contributed by atoms with Gasteiger partial charge in [-0.1, -0.05) is 6.07 Å². The lowest BCUT2D eigenvalue weighted by Gasteiger charge is -2.14. The molecule has 0 saturated heterocycles. The minimum Gasteiger partial charge on any atom is -0.462 e. The van der Waals surface area contributed by atoms with E-state index in [0.717, 1.165) is 5.56 Å². The minimum atomic E-state index is -0.421. The Hall–Kier alpha value is -1.38. The Balaban J connectivity index is 2.54. The third-order valence-corrected chi connectivity index (χ3v) is 1.90. The third kappa shape index (κ3) is 1.07. The van der Waals surface area contributed by atoms with Crippen LogP contribution in [0.2, 0.25) is 0 Å². The fraction of sp³-hybridized carbons (Fsp3) is 0.222. The van der Waals surface area contributed by atoms with Crippen LogP contribution in [0.3, 0.4) is 0 Å². The van der Waals surface area contributed by atoms with Crippen LogP contribution in [0.15, 0.2) is 18.2 Å². The molecular formula is C9H7FO2. The largest absolute Gasteiger partial charge is 0.462 e. The molecule has 2 nitrogen and oxygen atoms in total. The van der Waals surface area contributed by atoms with Crippen LogP contribution in [0.4, 0.5) is 4.39 Å². The Kier molecular flexibility index (Phi) is 1.57.